The summed E-state index contributed by atoms with van der Waals surface area (Å²) in [6, 6.07) is 23.4. The van der Waals surface area contributed by atoms with Crippen LogP contribution < -0.4 is 10.1 Å². The minimum absolute atomic E-state index is 0.102. The zero-order valence-electron chi connectivity index (χ0n) is 22.3. The van der Waals surface area contributed by atoms with E-state index < -0.39 is 6.04 Å². The third-order valence-corrected chi connectivity index (χ3v) is 7.82. The van der Waals surface area contributed by atoms with Gasteiger partial charge in [0.05, 0.1) is 4.47 Å². The molecule has 38 heavy (non-hydrogen) atoms. The van der Waals surface area contributed by atoms with Crippen LogP contribution in [0.3, 0.4) is 0 Å². The van der Waals surface area contributed by atoms with Gasteiger partial charge in [-0.25, -0.2) is 0 Å². The Kier molecular flexibility index (Phi) is 9.99. The Bertz CT molecular complexity index is 1210. The summed E-state index contributed by atoms with van der Waals surface area (Å²) in [5.41, 5.74) is 4.32. The predicted octanol–water partition coefficient (Wildman–Crippen LogP) is 6.40. The summed E-state index contributed by atoms with van der Waals surface area (Å²) < 4.78 is 6.79. The first kappa shape index (κ1) is 27.9. The number of halogens is 1. The van der Waals surface area contributed by atoms with Crippen LogP contribution in [0.4, 0.5) is 0 Å². The van der Waals surface area contributed by atoms with Crippen LogP contribution in [0.25, 0.3) is 0 Å². The maximum atomic E-state index is 13.8. The minimum Gasteiger partial charge on any atom is -0.483 e. The molecule has 2 amide bonds. The van der Waals surface area contributed by atoms with Crippen molar-refractivity contribution in [2.45, 2.75) is 71.0 Å². The monoisotopic (exact) mass is 576 g/mol. The van der Waals surface area contributed by atoms with Gasteiger partial charge >= 0.3 is 0 Å². The van der Waals surface area contributed by atoms with Crippen molar-refractivity contribution >= 4 is 27.7 Å². The molecule has 1 aliphatic rings. The molecule has 0 bridgehead atoms. The number of hydrogen-bond acceptors (Lipinski definition) is 3. The van der Waals surface area contributed by atoms with Crippen molar-refractivity contribution in [3.05, 3.63) is 99.5 Å². The van der Waals surface area contributed by atoms with E-state index in [0.29, 0.717) is 18.7 Å². The molecular weight excluding hydrogens is 540 g/mol. The lowest BCUT2D eigenvalue weighted by atomic mass is 10.0. The first-order valence-electron chi connectivity index (χ1n) is 13.5. The van der Waals surface area contributed by atoms with Gasteiger partial charge < -0.3 is 15.0 Å². The van der Waals surface area contributed by atoms with Gasteiger partial charge in [-0.3, -0.25) is 9.59 Å². The number of amides is 2. The fraction of sp³-hybridized carbons (Fsp3) is 0.375. The van der Waals surface area contributed by atoms with Gasteiger partial charge in [0.25, 0.3) is 5.91 Å². The summed E-state index contributed by atoms with van der Waals surface area (Å²) in [5, 5.41) is 3.24. The number of rotatable bonds is 11. The summed E-state index contributed by atoms with van der Waals surface area (Å²) in [6.07, 6.45) is 5.58. The Labute approximate surface area is 234 Å². The zero-order valence-corrected chi connectivity index (χ0v) is 23.9. The molecule has 1 aliphatic carbocycles. The summed E-state index contributed by atoms with van der Waals surface area (Å²) in [4.78, 5) is 29.2. The Morgan fingerprint density at radius 3 is 2.32 bits per heavy atom. The number of ether oxygens (including phenoxy) is 1. The number of carbonyl (C=O) groups excluding carboxylic acids is 2. The molecule has 0 aliphatic heterocycles. The molecule has 0 saturated heterocycles. The highest BCUT2D eigenvalue weighted by Crippen LogP contribution is 2.27. The quantitative estimate of drug-likeness (QED) is 0.287. The van der Waals surface area contributed by atoms with Gasteiger partial charge in [-0.2, -0.15) is 0 Å². The van der Waals surface area contributed by atoms with Crippen LogP contribution >= 0.6 is 15.9 Å². The number of hydrogen-bond donors (Lipinski definition) is 1. The van der Waals surface area contributed by atoms with Crippen molar-refractivity contribution in [1.29, 1.82) is 0 Å². The van der Waals surface area contributed by atoms with Crippen molar-refractivity contribution in [1.82, 2.24) is 10.2 Å². The van der Waals surface area contributed by atoms with Crippen LogP contribution in [0.2, 0.25) is 0 Å². The van der Waals surface area contributed by atoms with Crippen molar-refractivity contribution in [2.24, 2.45) is 0 Å². The summed E-state index contributed by atoms with van der Waals surface area (Å²) in [5.74, 6) is 0.287. The Balaban J connectivity index is 1.60. The van der Waals surface area contributed by atoms with Gasteiger partial charge in [-0.15, -0.1) is 0 Å². The van der Waals surface area contributed by atoms with Crippen molar-refractivity contribution in [3.63, 3.8) is 0 Å². The molecule has 6 heteroatoms. The molecule has 0 unspecified atom stereocenters. The summed E-state index contributed by atoms with van der Waals surface area (Å²) in [7, 11) is 0. The molecule has 0 heterocycles. The molecule has 1 fully saturated rings. The van der Waals surface area contributed by atoms with Crippen LogP contribution in [-0.4, -0.2) is 35.4 Å². The molecule has 5 nitrogen and oxygen atoms in total. The maximum absolute atomic E-state index is 13.8. The molecule has 0 spiro atoms. The Hall–Kier alpha value is -3.12. The van der Waals surface area contributed by atoms with Gasteiger partial charge in [-0.05, 0) is 70.9 Å². The molecule has 200 valence electrons. The molecule has 1 N–H and O–H groups in total. The standard InChI is InChI=1S/C32H37BrN2O3/c1-3-24-17-18-30(28(33)19-24)38-22-31(36)35(21-26-15-13-23(2)14-16-26)29(20-25-9-5-4-6-10-25)32(37)34-27-11-7-8-12-27/h4-6,9-10,13-19,27,29H,3,7-8,11-12,20-22H2,1-2H3,(H,34,37)/t29-/m1/s1. The third kappa shape index (κ3) is 7.70. The lowest BCUT2D eigenvalue weighted by Gasteiger charge is -2.32. The van der Waals surface area contributed by atoms with E-state index in [0.717, 1.165) is 53.3 Å². The molecule has 0 radical (unpaired) electrons. The number of carbonyl (C=O) groups is 2. The van der Waals surface area contributed by atoms with E-state index >= 15 is 0 Å². The first-order chi connectivity index (χ1) is 18.4. The SMILES string of the molecule is CCc1ccc(OCC(=O)N(Cc2ccc(C)cc2)[C@H](Cc2ccccc2)C(=O)NC2CCCC2)c(Br)c1. The van der Waals surface area contributed by atoms with E-state index in [9.17, 15) is 9.59 Å². The second-order valence-electron chi connectivity index (χ2n) is 10.1. The van der Waals surface area contributed by atoms with E-state index in [1.807, 2.05) is 79.7 Å². The first-order valence-corrected chi connectivity index (χ1v) is 14.3. The highest BCUT2D eigenvalue weighted by Gasteiger charge is 2.32. The van der Waals surface area contributed by atoms with E-state index in [-0.39, 0.29) is 24.5 Å². The molecule has 1 saturated carbocycles. The average Bonchev–Trinajstić information content (AvgIpc) is 3.44. The highest BCUT2D eigenvalue weighted by atomic mass is 79.9. The molecule has 0 aromatic heterocycles. The van der Waals surface area contributed by atoms with Crippen molar-refractivity contribution in [2.75, 3.05) is 6.61 Å². The second kappa shape index (κ2) is 13.6. The summed E-state index contributed by atoms with van der Waals surface area (Å²) >= 11 is 3.57. The van der Waals surface area contributed by atoms with Crippen molar-refractivity contribution < 1.29 is 14.3 Å². The van der Waals surface area contributed by atoms with Crippen LogP contribution in [0.1, 0.15) is 54.9 Å². The van der Waals surface area contributed by atoms with E-state index in [2.05, 4.69) is 28.2 Å². The Morgan fingerprint density at radius 2 is 1.66 bits per heavy atom. The normalized spacial score (nSPS) is 14.2. The van der Waals surface area contributed by atoms with Crippen LogP contribution in [0.15, 0.2) is 77.3 Å². The van der Waals surface area contributed by atoms with Gasteiger partial charge in [0, 0.05) is 19.0 Å². The zero-order chi connectivity index (χ0) is 26.9. The topological polar surface area (TPSA) is 58.6 Å². The van der Waals surface area contributed by atoms with Gasteiger partial charge in [0.15, 0.2) is 6.61 Å². The molecule has 3 aromatic carbocycles. The van der Waals surface area contributed by atoms with Gasteiger partial charge in [0.2, 0.25) is 5.91 Å². The number of benzene rings is 3. The predicted molar refractivity (Wildman–Crippen MR) is 155 cm³/mol. The lowest BCUT2D eigenvalue weighted by molar-refractivity contribution is -0.143. The number of nitrogens with one attached hydrogen (secondary N) is 1. The van der Waals surface area contributed by atoms with E-state index in [1.54, 1.807) is 4.90 Å². The Morgan fingerprint density at radius 1 is 0.974 bits per heavy atom. The van der Waals surface area contributed by atoms with Crippen LogP contribution in [0.5, 0.6) is 5.75 Å². The summed E-state index contributed by atoms with van der Waals surface area (Å²) in [6.45, 7) is 4.31. The van der Waals surface area contributed by atoms with Gasteiger partial charge in [-0.1, -0.05) is 86.0 Å². The second-order valence-corrected chi connectivity index (χ2v) is 11.0. The molecule has 4 rings (SSSR count). The molecule has 1 atom stereocenters. The number of nitrogens with zero attached hydrogens (tertiary/aromatic N) is 1. The van der Waals surface area contributed by atoms with Crippen LogP contribution in [-0.2, 0) is 29.0 Å². The molecule has 3 aromatic rings. The van der Waals surface area contributed by atoms with Crippen LogP contribution in [0, 0.1) is 6.92 Å². The molecular formula is C32H37BrN2O3. The lowest BCUT2D eigenvalue weighted by Crippen LogP contribution is -2.53. The minimum atomic E-state index is -0.652. The number of aryl methyl sites for hydroxylation is 2. The van der Waals surface area contributed by atoms with E-state index in [1.165, 1.54) is 5.56 Å². The maximum Gasteiger partial charge on any atom is 0.261 e. The average molecular weight is 578 g/mol. The fourth-order valence-corrected chi connectivity index (χ4v) is 5.46. The highest BCUT2D eigenvalue weighted by molar-refractivity contribution is 9.10. The smallest absolute Gasteiger partial charge is 0.261 e. The largest absolute Gasteiger partial charge is 0.483 e. The fourth-order valence-electron chi connectivity index (χ4n) is 4.92. The van der Waals surface area contributed by atoms with Crippen molar-refractivity contribution in [3.8, 4) is 5.75 Å². The van der Waals surface area contributed by atoms with E-state index in [4.69, 9.17) is 4.74 Å². The van der Waals surface area contributed by atoms with Gasteiger partial charge in [0.1, 0.15) is 11.8 Å². The third-order valence-electron chi connectivity index (χ3n) is 7.20.